The van der Waals surface area contributed by atoms with Crippen molar-refractivity contribution in [1.29, 1.82) is 0 Å². The average Bonchev–Trinajstić information content (AvgIpc) is 2.51. The van der Waals surface area contributed by atoms with Crippen molar-refractivity contribution in [2.75, 3.05) is 12.4 Å². The van der Waals surface area contributed by atoms with Crippen LogP contribution in [0.2, 0.25) is 0 Å². The molecule has 0 atom stereocenters. The minimum absolute atomic E-state index is 1.02. The van der Waals surface area contributed by atoms with Gasteiger partial charge in [0.15, 0.2) is 0 Å². The van der Waals surface area contributed by atoms with Gasteiger partial charge < -0.3 is 5.32 Å². The molecule has 0 unspecified atom stereocenters. The van der Waals surface area contributed by atoms with Crippen LogP contribution in [0.3, 0.4) is 0 Å². The third kappa shape index (κ3) is 3.67. The summed E-state index contributed by atoms with van der Waals surface area (Å²) >= 11 is 0. The van der Waals surface area contributed by atoms with Crippen molar-refractivity contribution in [2.24, 2.45) is 0 Å². The number of allylic oxidation sites excluding steroid dienone is 2. The molecule has 0 spiro atoms. The molecule has 1 N–H and O–H groups in total. The molecular formula is C21H25N. The predicted octanol–water partition coefficient (Wildman–Crippen LogP) is 5.63. The Kier molecular flexibility index (Phi) is 5.21. The van der Waals surface area contributed by atoms with Crippen LogP contribution in [0.5, 0.6) is 0 Å². The largest absolute Gasteiger partial charge is 0.388 e. The van der Waals surface area contributed by atoms with Gasteiger partial charge in [-0.05, 0) is 43.0 Å². The Morgan fingerprint density at radius 1 is 1.14 bits per heavy atom. The molecule has 0 aliphatic carbocycles. The minimum atomic E-state index is 1.02. The fourth-order valence-corrected chi connectivity index (χ4v) is 2.78. The lowest BCUT2D eigenvalue weighted by molar-refractivity contribution is 1.13. The van der Waals surface area contributed by atoms with Crippen molar-refractivity contribution < 1.29 is 0 Å². The minimum Gasteiger partial charge on any atom is -0.388 e. The van der Waals surface area contributed by atoms with E-state index in [0.29, 0.717) is 0 Å². The molecule has 2 aromatic carbocycles. The second-order valence-electron chi connectivity index (χ2n) is 5.72. The van der Waals surface area contributed by atoms with E-state index in [4.69, 9.17) is 0 Å². The molecule has 0 saturated heterocycles. The summed E-state index contributed by atoms with van der Waals surface area (Å²) in [6, 6.07) is 12.9. The van der Waals surface area contributed by atoms with Gasteiger partial charge in [-0.1, -0.05) is 67.1 Å². The number of nitrogens with one attached hydrogen (secondary N) is 1. The van der Waals surface area contributed by atoms with E-state index in [2.05, 4.69) is 81.2 Å². The normalized spacial score (nSPS) is 10.9. The summed E-state index contributed by atoms with van der Waals surface area (Å²) in [4.78, 5) is 0. The smallest absolute Gasteiger partial charge is 0.0413 e. The van der Waals surface area contributed by atoms with Crippen LogP contribution in [0.4, 0.5) is 5.69 Å². The highest BCUT2D eigenvalue weighted by Crippen LogP contribution is 2.24. The number of anilines is 1. The van der Waals surface area contributed by atoms with Crippen molar-refractivity contribution in [3.8, 4) is 0 Å². The van der Waals surface area contributed by atoms with Gasteiger partial charge >= 0.3 is 0 Å². The van der Waals surface area contributed by atoms with Gasteiger partial charge in [-0.15, -0.1) is 0 Å². The highest BCUT2D eigenvalue weighted by Gasteiger charge is 2.04. The molecule has 22 heavy (non-hydrogen) atoms. The van der Waals surface area contributed by atoms with E-state index in [1.807, 2.05) is 7.05 Å². The predicted molar refractivity (Wildman–Crippen MR) is 99.4 cm³/mol. The molecule has 1 heteroatoms. The van der Waals surface area contributed by atoms with Crippen LogP contribution in [0.15, 0.2) is 49.1 Å². The Morgan fingerprint density at radius 3 is 2.41 bits per heavy atom. The summed E-state index contributed by atoms with van der Waals surface area (Å²) in [5, 5.41) is 3.27. The maximum absolute atomic E-state index is 4.23. The summed E-state index contributed by atoms with van der Waals surface area (Å²) in [5.41, 5.74) is 8.52. The first-order valence-corrected chi connectivity index (χ1v) is 7.80. The maximum Gasteiger partial charge on any atom is 0.0413 e. The summed E-state index contributed by atoms with van der Waals surface area (Å²) < 4.78 is 0. The molecular weight excluding hydrogens is 266 g/mol. The van der Waals surface area contributed by atoms with Crippen molar-refractivity contribution in [2.45, 2.75) is 27.2 Å². The van der Waals surface area contributed by atoms with Gasteiger partial charge in [0, 0.05) is 18.3 Å². The molecule has 2 rings (SSSR count). The molecule has 114 valence electrons. The first-order chi connectivity index (χ1) is 10.5. The molecule has 0 aromatic heterocycles. The molecule has 0 amide bonds. The Morgan fingerprint density at radius 2 is 1.82 bits per heavy atom. The fourth-order valence-electron chi connectivity index (χ4n) is 2.78. The van der Waals surface area contributed by atoms with E-state index >= 15 is 0 Å². The van der Waals surface area contributed by atoms with Crippen LogP contribution in [-0.4, -0.2) is 7.05 Å². The summed E-state index contributed by atoms with van der Waals surface area (Å²) in [6.07, 6.45) is 5.30. The standard InChI is InChI=1S/C21H25N/c1-6-18-8-7-9-21(22-5)20(18)11-10-17(4)19-13-15(2)12-16(3)14-19/h7-14,22H,4,6H2,1-3,5H3/b11-10-. The van der Waals surface area contributed by atoms with Gasteiger partial charge in [-0.25, -0.2) is 0 Å². The Hall–Kier alpha value is -2.28. The second kappa shape index (κ2) is 7.13. The lowest BCUT2D eigenvalue weighted by atomic mass is 9.98. The SMILES string of the molecule is C=C(/C=C\c1c(CC)cccc1NC)c1cc(C)cc(C)c1. The van der Waals surface area contributed by atoms with Crippen LogP contribution in [0.25, 0.3) is 11.6 Å². The van der Waals surface area contributed by atoms with Crippen molar-refractivity contribution in [1.82, 2.24) is 0 Å². The summed E-state index contributed by atoms with van der Waals surface area (Å²) in [6.45, 7) is 10.7. The van der Waals surface area contributed by atoms with Gasteiger partial charge in [0.1, 0.15) is 0 Å². The molecule has 2 aromatic rings. The second-order valence-corrected chi connectivity index (χ2v) is 5.72. The van der Waals surface area contributed by atoms with Gasteiger partial charge in [0.05, 0.1) is 0 Å². The average molecular weight is 291 g/mol. The molecule has 0 radical (unpaired) electrons. The highest BCUT2D eigenvalue weighted by molar-refractivity contribution is 5.81. The third-order valence-corrected chi connectivity index (χ3v) is 3.89. The number of benzene rings is 2. The zero-order chi connectivity index (χ0) is 16.1. The molecule has 0 fully saturated rings. The van der Waals surface area contributed by atoms with Crippen LogP contribution < -0.4 is 5.32 Å². The summed E-state index contributed by atoms with van der Waals surface area (Å²) in [7, 11) is 1.96. The van der Waals surface area contributed by atoms with Gasteiger partial charge in [-0.3, -0.25) is 0 Å². The number of aryl methyl sites for hydroxylation is 3. The molecule has 0 saturated carbocycles. The number of hydrogen-bond donors (Lipinski definition) is 1. The number of hydrogen-bond acceptors (Lipinski definition) is 1. The van der Waals surface area contributed by atoms with Crippen LogP contribution in [-0.2, 0) is 6.42 Å². The Bertz CT molecular complexity index is 665. The first kappa shape index (κ1) is 16.1. The van der Waals surface area contributed by atoms with Crippen LogP contribution in [0.1, 0.15) is 34.7 Å². The third-order valence-electron chi connectivity index (χ3n) is 3.89. The van der Waals surface area contributed by atoms with Gasteiger partial charge in [0.2, 0.25) is 0 Å². The zero-order valence-electron chi connectivity index (χ0n) is 14.0. The monoisotopic (exact) mass is 291 g/mol. The molecule has 0 aliphatic heterocycles. The molecule has 0 heterocycles. The lowest BCUT2D eigenvalue weighted by Gasteiger charge is -2.11. The summed E-state index contributed by atoms with van der Waals surface area (Å²) in [5.74, 6) is 0. The van der Waals surface area contributed by atoms with Crippen molar-refractivity contribution >= 4 is 17.3 Å². The Labute approximate surface area is 134 Å². The zero-order valence-corrected chi connectivity index (χ0v) is 14.0. The lowest BCUT2D eigenvalue weighted by Crippen LogP contribution is -1.95. The Balaban J connectivity index is 2.34. The molecule has 0 aliphatic rings. The van der Waals surface area contributed by atoms with E-state index in [1.54, 1.807) is 0 Å². The fraction of sp³-hybridized carbons (Fsp3) is 0.238. The van der Waals surface area contributed by atoms with Crippen molar-refractivity contribution in [3.63, 3.8) is 0 Å². The van der Waals surface area contributed by atoms with E-state index in [-0.39, 0.29) is 0 Å². The van der Waals surface area contributed by atoms with Crippen molar-refractivity contribution in [3.05, 3.63) is 76.9 Å². The van der Waals surface area contributed by atoms with E-state index in [1.165, 1.54) is 27.8 Å². The van der Waals surface area contributed by atoms with E-state index in [9.17, 15) is 0 Å². The van der Waals surface area contributed by atoms with E-state index in [0.717, 1.165) is 17.7 Å². The maximum atomic E-state index is 4.23. The quantitative estimate of drug-likeness (QED) is 0.703. The molecule has 0 bridgehead atoms. The highest BCUT2D eigenvalue weighted by atomic mass is 14.8. The van der Waals surface area contributed by atoms with E-state index < -0.39 is 0 Å². The molecule has 1 nitrogen and oxygen atoms in total. The van der Waals surface area contributed by atoms with Crippen LogP contribution in [0, 0.1) is 13.8 Å². The van der Waals surface area contributed by atoms with Crippen LogP contribution >= 0.6 is 0 Å². The topological polar surface area (TPSA) is 12.0 Å². The first-order valence-electron chi connectivity index (χ1n) is 7.80. The number of rotatable bonds is 5. The van der Waals surface area contributed by atoms with Gasteiger partial charge in [0.25, 0.3) is 0 Å². The van der Waals surface area contributed by atoms with Gasteiger partial charge in [-0.2, -0.15) is 0 Å².